The molecular formula is C31H37ClN3O4S+. The van der Waals surface area contributed by atoms with Gasteiger partial charge in [0.15, 0.2) is 0 Å². The summed E-state index contributed by atoms with van der Waals surface area (Å²) in [6.45, 7) is 12.2. The molecule has 0 radical (unpaired) electrons. The van der Waals surface area contributed by atoms with Crippen LogP contribution in [0.1, 0.15) is 54.0 Å². The second-order valence-electron chi connectivity index (χ2n) is 11.2. The number of carbonyl (C=O) groups is 2. The summed E-state index contributed by atoms with van der Waals surface area (Å²) in [4.78, 5) is 29.8. The van der Waals surface area contributed by atoms with Crippen LogP contribution in [0.2, 0.25) is 5.02 Å². The molecule has 0 fully saturated rings. The first-order chi connectivity index (χ1) is 19.0. The number of halogens is 1. The highest BCUT2D eigenvalue weighted by molar-refractivity contribution is 7.91. The van der Waals surface area contributed by atoms with Crippen LogP contribution in [0.3, 0.4) is 0 Å². The number of nitrogens with one attached hydrogen (secondary N) is 2. The maximum atomic E-state index is 13.8. The van der Waals surface area contributed by atoms with Crippen LogP contribution in [0.25, 0.3) is 0 Å². The third-order valence-electron chi connectivity index (χ3n) is 6.84. The fourth-order valence-corrected chi connectivity index (χ4v) is 7.06. The van der Waals surface area contributed by atoms with Crippen molar-refractivity contribution in [2.45, 2.75) is 44.0 Å². The molecule has 0 atom stereocenters. The molecule has 4 rings (SSSR count). The largest absolute Gasteiger partial charge is 0.346 e. The zero-order chi connectivity index (χ0) is 29.0. The number of carbonyl (C=O) groups excluding carboxylic acids is 2. The highest BCUT2D eigenvalue weighted by Crippen LogP contribution is 2.38. The number of amides is 2. The molecule has 1 aliphatic rings. The van der Waals surface area contributed by atoms with Gasteiger partial charge in [-0.3, -0.25) is 9.59 Å². The van der Waals surface area contributed by atoms with Gasteiger partial charge in [0.25, 0.3) is 11.8 Å². The lowest BCUT2D eigenvalue weighted by atomic mass is 10.1. The predicted octanol–water partition coefficient (Wildman–Crippen LogP) is 4.26. The van der Waals surface area contributed by atoms with E-state index in [-0.39, 0.29) is 39.1 Å². The van der Waals surface area contributed by atoms with Gasteiger partial charge < -0.3 is 15.1 Å². The van der Waals surface area contributed by atoms with Gasteiger partial charge >= 0.3 is 0 Å². The van der Waals surface area contributed by atoms with Crippen LogP contribution in [-0.4, -0.2) is 46.4 Å². The van der Waals surface area contributed by atoms with Gasteiger partial charge in [-0.2, -0.15) is 0 Å². The Bertz CT molecular complexity index is 1490. The molecule has 3 aromatic carbocycles. The molecule has 212 valence electrons. The van der Waals surface area contributed by atoms with Crippen molar-refractivity contribution in [2.24, 2.45) is 11.8 Å². The third-order valence-corrected chi connectivity index (χ3v) is 8.94. The Hall–Kier alpha value is -3.20. The van der Waals surface area contributed by atoms with Crippen LogP contribution in [0, 0.1) is 11.8 Å². The Morgan fingerprint density at radius 2 is 1.62 bits per heavy atom. The molecule has 40 heavy (non-hydrogen) atoms. The van der Waals surface area contributed by atoms with Crippen molar-refractivity contribution in [1.29, 1.82) is 0 Å². The van der Waals surface area contributed by atoms with Crippen LogP contribution >= 0.6 is 11.6 Å². The standard InChI is InChI=1S/C31H36ClN3O4S/c1-21(2)18-34(19-22(3)4)15-14-33-30(36)24-12-13-29-27(17-24)35(20-23-8-7-9-25(32)16-23)31(37)26-10-5-6-11-28(26)40(29,38)39/h5-13,16-17,21-22H,14-15,18-20H2,1-4H3,(H,33,36)/p+1. The van der Waals surface area contributed by atoms with Crippen molar-refractivity contribution in [3.05, 3.63) is 88.4 Å². The maximum absolute atomic E-state index is 13.8. The molecule has 1 heterocycles. The van der Waals surface area contributed by atoms with Gasteiger partial charge in [0.05, 0.1) is 53.8 Å². The number of anilines is 1. The number of hydrogen-bond acceptors (Lipinski definition) is 4. The van der Waals surface area contributed by atoms with Gasteiger partial charge in [-0.05, 0) is 48.0 Å². The lowest BCUT2D eigenvalue weighted by Gasteiger charge is -2.24. The molecule has 1 aliphatic heterocycles. The van der Waals surface area contributed by atoms with E-state index in [2.05, 4.69) is 33.0 Å². The molecule has 0 unspecified atom stereocenters. The van der Waals surface area contributed by atoms with E-state index in [0.717, 1.165) is 25.2 Å². The molecule has 2 amide bonds. The van der Waals surface area contributed by atoms with E-state index < -0.39 is 15.7 Å². The molecule has 0 spiro atoms. The van der Waals surface area contributed by atoms with Crippen LogP contribution in [0.5, 0.6) is 0 Å². The highest BCUT2D eigenvalue weighted by atomic mass is 35.5. The first-order valence-electron chi connectivity index (χ1n) is 13.6. The van der Waals surface area contributed by atoms with Gasteiger partial charge in [-0.1, -0.05) is 63.6 Å². The molecule has 2 N–H and O–H groups in total. The van der Waals surface area contributed by atoms with Gasteiger partial charge in [-0.15, -0.1) is 0 Å². The van der Waals surface area contributed by atoms with E-state index in [1.807, 2.05) is 6.07 Å². The van der Waals surface area contributed by atoms with E-state index in [0.29, 0.717) is 23.4 Å². The summed E-state index contributed by atoms with van der Waals surface area (Å²) in [7, 11) is -4.02. The molecule has 7 nitrogen and oxygen atoms in total. The van der Waals surface area contributed by atoms with E-state index in [4.69, 9.17) is 11.6 Å². The monoisotopic (exact) mass is 582 g/mol. The van der Waals surface area contributed by atoms with E-state index >= 15 is 0 Å². The van der Waals surface area contributed by atoms with Crippen LogP contribution < -0.4 is 15.1 Å². The lowest BCUT2D eigenvalue weighted by molar-refractivity contribution is -0.904. The minimum Gasteiger partial charge on any atom is -0.346 e. The summed E-state index contributed by atoms with van der Waals surface area (Å²) < 4.78 is 27.4. The molecular weight excluding hydrogens is 546 g/mol. The van der Waals surface area contributed by atoms with Crippen molar-refractivity contribution in [2.75, 3.05) is 31.1 Å². The zero-order valence-electron chi connectivity index (χ0n) is 23.4. The van der Waals surface area contributed by atoms with E-state index in [9.17, 15) is 18.0 Å². The number of rotatable bonds is 10. The fourth-order valence-electron chi connectivity index (χ4n) is 5.22. The van der Waals surface area contributed by atoms with Crippen molar-refractivity contribution in [1.82, 2.24) is 5.32 Å². The van der Waals surface area contributed by atoms with Crippen LogP contribution in [0.4, 0.5) is 5.69 Å². The number of benzene rings is 3. The summed E-state index contributed by atoms with van der Waals surface area (Å²) >= 11 is 6.20. The quantitative estimate of drug-likeness (QED) is 0.374. The molecule has 0 saturated carbocycles. The molecule has 0 aromatic heterocycles. The number of sulfone groups is 1. The Morgan fingerprint density at radius 1 is 0.925 bits per heavy atom. The average molecular weight is 583 g/mol. The van der Waals surface area contributed by atoms with Crippen LogP contribution in [-0.2, 0) is 16.4 Å². The normalized spacial score (nSPS) is 14.3. The Balaban J connectivity index is 1.67. The first kappa shape index (κ1) is 29.8. The maximum Gasteiger partial charge on any atom is 0.259 e. The second-order valence-corrected chi connectivity index (χ2v) is 13.5. The van der Waals surface area contributed by atoms with E-state index in [1.165, 1.54) is 40.1 Å². The number of quaternary nitrogens is 1. The fraction of sp³-hybridized carbons (Fsp3) is 0.355. The minimum absolute atomic E-state index is 0.0196. The Morgan fingerprint density at radius 3 is 2.30 bits per heavy atom. The van der Waals surface area contributed by atoms with Gasteiger partial charge in [0, 0.05) is 22.4 Å². The Kier molecular flexibility index (Phi) is 9.33. The topological polar surface area (TPSA) is 88.0 Å². The van der Waals surface area contributed by atoms with Gasteiger partial charge in [0.1, 0.15) is 0 Å². The molecule has 0 aliphatic carbocycles. The second kappa shape index (κ2) is 12.5. The third kappa shape index (κ3) is 6.74. The number of hydrogen-bond donors (Lipinski definition) is 2. The van der Waals surface area contributed by atoms with Crippen molar-refractivity contribution >= 4 is 38.9 Å². The van der Waals surface area contributed by atoms with Crippen molar-refractivity contribution < 1.29 is 22.9 Å². The smallest absolute Gasteiger partial charge is 0.259 e. The predicted molar refractivity (Wildman–Crippen MR) is 158 cm³/mol. The minimum atomic E-state index is -4.02. The van der Waals surface area contributed by atoms with Gasteiger partial charge in [-0.25, -0.2) is 8.42 Å². The first-order valence-corrected chi connectivity index (χ1v) is 15.5. The zero-order valence-corrected chi connectivity index (χ0v) is 25.0. The highest BCUT2D eigenvalue weighted by Gasteiger charge is 2.36. The van der Waals surface area contributed by atoms with E-state index in [1.54, 1.807) is 30.3 Å². The summed E-state index contributed by atoms with van der Waals surface area (Å²) in [5, 5.41) is 3.50. The molecule has 0 bridgehead atoms. The lowest BCUT2D eigenvalue weighted by Crippen LogP contribution is -3.13. The van der Waals surface area contributed by atoms with Gasteiger partial charge in [0.2, 0.25) is 9.84 Å². The Labute approximate surface area is 242 Å². The molecule has 9 heteroatoms. The molecule has 0 saturated heterocycles. The SMILES string of the molecule is CC(C)C[NH+](CCNC(=O)c1ccc2c(c1)N(Cc1cccc(Cl)c1)C(=O)c1ccccc1S2(=O)=O)CC(C)C. The van der Waals surface area contributed by atoms with Crippen molar-refractivity contribution in [3.63, 3.8) is 0 Å². The summed E-state index contributed by atoms with van der Waals surface area (Å²) in [5.74, 6) is 0.314. The molecule has 3 aromatic rings. The number of fused-ring (bicyclic) bond motifs is 2. The van der Waals surface area contributed by atoms with Crippen molar-refractivity contribution in [3.8, 4) is 0 Å². The number of nitrogens with zero attached hydrogens (tertiary/aromatic N) is 1. The average Bonchev–Trinajstić information content (AvgIpc) is 2.96. The summed E-state index contributed by atoms with van der Waals surface area (Å²) in [6.07, 6.45) is 0. The summed E-state index contributed by atoms with van der Waals surface area (Å²) in [6, 6.07) is 17.7. The summed E-state index contributed by atoms with van der Waals surface area (Å²) in [5.41, 5.74) is 1.28. The van der Waals surface area contributed by atoms with Crippen LogP contribution in [0.15, 0.2) is 76.5 Å².